The molecule has 110 valence electrons. The maximum absolute atomic E-state index is 13.4. The number of hydrogen-bond acceptors (Lipinski definition) is 3. The molecule has 0 bridgehead atoms. The van der Waals surface area contributed by atoms with Crippen LogP contribution in [-0.2, 0) is 0 Å². The maximum atomic E-state index is 13.4. The van der Waals surface area contributed by atoms with Gasteiger partial charge in [-0.05, 0) is 38.4 Å². The van der Waals surface area contributed by atoms with Crippen molar-refractivity contribution in [1.82, 2.24) is 4.90 Å². The molecule has 3 nitrogen and oxygen atoms in total. The molecule has 2 aliphatic rings. The molecule has 20 heavy (non-hydrogen) atoms. The van der Waals surface area contributed by atoms with E-state index < -0.39 is 5.82 Å². The molecule has 0 spiro atoms. The number of rotatable bonds is 2. The van der Waals surface area contributed by atoms with E-state index in [-0.39, 0.29) is 5.02 Å². The molecule has 0 aliphatic carbocycles. The third-order valence-electron chi connectivity index (χ3n) is 4.48. The Morgan fingerprint density at radius 2 is 1.90 bits per heavy atom. The zero-order chi connectivity index (χ0) is 14.1. The summed E-state index contributed by atoms with van der Waals surface area (Å²) in [6, 6.07) is 3.58. The highest BCUT2D eigenvalue weighted by Gasteiger charge is 2.29. The number of nitrogens with zero attached hydrogens (tertiary/aromatic N) is 2. The second-order valence-corrected chi connectivity index (χ2v) is 6.22. The van der Waals surface area contributed by atoms with Gasteiger partial charge in [0.05, 0.1) is 16.4 Å². The van der Waals surface area contributed by atoms with Crippen LogP contribution in [0.4, 0.5) is 15.8 Å². The molecule has 1 atom stereocenters. The lowest BCUT2D eigenvalue weighted by Gasteiger charge is -2.32. The molecule has 0 amide bonds. The summed E-state index contributed by atoms with van der Waals surface area (Å²) in [6.45, 7) is 4.34. The first-order valence-electron chi connectivity index (χ1n) is 7.38. The summed E-state index contributed by atoms with van der Waals surface area (Å²) in [4.78, 5) is 4.82. The molecule has 1 aromatic carbocycles. The topological polar surface area (TPSA) is 32.5 Å². The number of anilines is 2. The molecule has 5 heteroatoms. The Balaban J connectivity index is 1.72. The van der Waals surface area contributed by atoms with Crippen LogP contribution < -0.4 is 10.6 Å². The van der Waals surface area contributed by atoms with Crippen LogP contribution in [0.5, 0.6) is 0 Å². The number of nitrogens with two attached hydrogens (primary N) is 1. The molecule has 2 aliphatic heterocycles. The third kappa shape index (κ3) is 2.72. The second kappa shape index (κ2) is 5.78. The highest BCUT2D eigenvalue weighted by Crippen LogP contribution is 2.33. The van der Waals surface area contributed by atoms with Gasteiger partial charge in [0.1, 0.15) is 5.82 Å². The number of hydrogen-bond donors (Lipinski definition) is 1. The van der Waals surface area contributed by atoms with Gasteiger partial charge in [-0.15, -0.1) is 0 Å². The lowest BCUT2D eigenvalue weighted by atomic mass is 10.1. The monoisotopic (exact) mass is 297 g/mol. The molecule has 1 unspecified atom stereocenters. The minimum Gasteiger partial charge on any atom is -0.397 e. The lowest BCUT2D eigenvalue weighted by molar-refractivity contribution is 0.175. The molecule has 2 saturated heterocycles. The quantitative estimate of drug-likeness (QED) is 0.851. The van der Waals surface area contributed by atoms with Crippen molar-refractivity contribution in [2.45, 2.75) is 31.7 Å². The first-order chi connectivity index (χ1) is 9.65. The van der Waals surface area contributed by atoms with Crippen molar-refractivity contribution < 1.29 is 4.39 Å². The molecule has 0 radical (unpaired) electrons. The summed E-state index contributed by atoms with van der Waals surface area (Å²) in [5.41, 5.74) is 7.29. The summed E-state index contributed by atoms with van der Waals surface area (Å²) in [7, 11) is 0. The number of likely N-dealkylation sites (tertiary alicyclic amines) is 1. The Labute approximate surface area is 124 Å². The average Bonchev–Trinajstić information content (AvgIpc) is 2.93. The average molecular weight is 298 g/mol. The number of halogens is 2. The van der Waals surface area contributed by atoms with Gasteiger partial charge in [-0.3, -0.25) is 4.90 Å². The molecule has 3 rings (SSSR count). The van der Waals surface area contributed by atoms with Gasteiger partial charge in [0.2, 0.25) is 0 Å². The first kappa shape index (κ1) is 14.0. The van der Waals surface area contributed by atoms with Gasteiger partial charge in [-0.25, -0.2) is 4.39 Å². The van der Waals surface area contributed by atoms with Crippen molar-refractivity contribution in [3.05, 3.63) is 23.0 Å². The van der Waals surface area contributed by atoms with E-state index in [0.29, 0.717) is 11.7 Å². The van der Waals surface area contributed by atoms with E-state index >= 15 is 0 Å². The van der Waals surface area contributed by atoms with Crippen LogP contribution in [-0.4, -0.2) is 37.1 Å². The summed E-state index contributed by atoms with van der Waals surface area (Å²) < 4.78 is 13.4. The largest absolute Gasteiger partial charge is 0.397 e. The van der Waals surface area contributed by atoms with Crippen LogP contribution in [0.25, 0.3) is 0 Å². The van der Waals surface area contributed by atoms with Gasteiger partial charge >= 0.3 is 0 Å². The molecule has 2 fully saturated rings. The van der Waals surface area contributed by atoms with Gasteiger partial charge < -0.3 is 10.6 Å². The highest BCUT2D eigenvalue weighted by atomic mass is 35.5. The van der Waals surface area contributed by atoms with Crippen LogP contribution in [0.1, 0.15) is 25.7 Å². The van der Waals surface area contributed by atoms with Crippen molar-refractivity contribution in [2.75, 3.05) is 36.8 Å². The molecular weight excluding hydrogens is 277 g/mol. The Morgan fingerprint density at radius 3 is 2.65 bits per heavy atom. The minimum atomic E-state index is -0.445. The van der Waals surface area contributed by atoms with Gasteiger partial charge in [0, 0.05) is 25.2 Å². The Morgan fingerprint density at radius 1 is 1.15 bits per heavy atom. The normalized spacial score (nSPS) is 24.3. The van der Waals surface area contributed by atoms with E-state index in [2.05, 4.69) is 9.80 Å². The van der Waals surface area contributed by atoms with Crippen molar-refractivity contribution in [3.63, 3.8) is 0 Å². The van der Waals surface area contributed by atoms with Crippen LogP contribution in [0.3, 0.4) is 0 Å². The van der Waals surface area contributed by atoms with E-state index in [9.17, 15) is 4.39 Å². The summed E-state index contributed by atoms with van der Waals surface area (Å²) in [5, 5.41) is 0.149. The molecular formula is C15H21ClFN3. The fourth-order valence-corrected chi connectivity index (χ4v) is 3.53. The van der Waals surface area contributed by atoms with E-state index in [0.717, 1.165) is 25.2 Å². The summed E-state index contributed by atoms with van der Waals surface area (Å²) in [6.07, 6.45) is 5.11. The van der Waals surface area contributed by atoms with Gasteiger partial charge in [-0.2, -0.15) is 0 Å². The predicted octanol–water partition coefficient (Wildman–Crippen LogP) is 3.13. The third-order valence-corrected chi connectivity index (χ3v) is 4.77. The fraction of sp³-hybridized carbons (Fsp3) is 0.600. The Bertz CT molecular complexity index is 488. The van der Waals surface area contributed by atoms with E-state index in [1.165, 1.54) is 38.4 Å². The zero-order valence-electron chi connectivity index (χ0n) is 11.6. The van der Waals surface area contributed by atoms with Crippen LogP contribution in [0, 0.1) is 5.82 Å². The van der Waals surface area contributed by atoms with Gasteiger partial charge in [-0.1, -0.05) is 18.0 Å². The Hall–Kier alpha value is -1.00. The molecule has 0 aromatic heterocycles. The minimum absolute atomic E-state index is 0.149. The number of benzene rings is 1. The van der Waals surface area contributed by atoms with Crippen molar-refractivity contribution in [2.24, 2.45) is 0 Å². The van der Waals surface area contributed by atoms with E-state index in [1.54, 1.807) is 6.07 Å². The number of nitrogen functional groups attached to an aromatic ring is 1. The van der Waals surface area contributed by atoms with Crippen molar-refractivity contribution in [3.8, 4) is 0 Å². The van der Waals surface area contributed by atoms with Crippen molar-refractivity contribution in [1.29, 1.82) is 0 Å². The SMILES string of the molecule is Nc1cc(F)c(Cl)cc1N1CCC(N2CCCCC2)C1. The van der Waals surface area contributed by atoms with Crippen LogP contribution >= 0.6 is 11.6 Å². The highest BCUT2D eigenvalue weighted by molar-refractivity contribution is 6.31. The van der Waals surface area contributed by atoms with E-state index in [1.807, 2.05) is 0 Å². The molecule has 2 N–H and O–H groups in total. The van der Waals surface area contributed by atoms with Crippen LogP contribution in [0.2, 0.25) is 5.02 Å². The number of piperidine rings is 1. The summed E-state index contributed by atoms with van der Waals surface area (Å²) >= 11 is 5.88. The second-order valence-electron chi connectivity index (χ2n) is 5.81. The predicted molar refractivity (Wildman–Crippen MR) is 81.9 cm³/mol. The van der Waals surface area contributed by atoms with E-state index in [4.69, 9.17) is 17.3 Å². The lowest BCUT2D eigenvalue weighted by Crippen LogP contribution is -2.40. The Kier molecular flexibility index (Phi) is 4.03. The molecule has 2 heterocycles. The first-order valence-corrected chi connectivity index (χ1v) is 7.76. The summed E-state index contributed by atoms with van der Waals surface area (Å²) in [5.74, 6) is -0.445. The maximum Gasteiger partial charge on any atom is 0.143 e. The standard InChI is InChI=1S/C15H21ClFN3/c16-12-8-15(14(18)9-13(12)17)20-7-4-11(10-20)19-5-2-1-3-6-19/h8-9,11H,1-7,10,18H2. The van der Waals surface area contributed by atoms with Gasteiger partial charge in [0.15, 0.2) is 0 Å². The van der Waals surface area contributed by atoms with Gasteiger partial charge in [0.25, 0.3) is 0 Å². The molecule has 1 aromatic rings. The van der Waals surface area contributed by atoms with Crippen LogP contribution in [0.15, 0.2) is 12.1 Å². The molecule has 0 saturated carbocycles. The smallest absolute Gasteiger partial charge is 0.143 e. The van der Waals surface area contributed by atoms with Crippen molar-refractivity contribution >= 4 is 23.0 Å². The zero-order valence-corrected chi connectivity index (χ0v) is 12.4. The fourth-order valence-electron chi connectivity index (χ4n) is 3.37.